The number of nitrogens with two attached hydrogens (primary N) is 1. The molecule has 9 heteroatoms. The summed E-state index contributed by atoms with van der Waals surface area (Å²) in [5.41, 5.74) is 5.62. The molecule has 0 amide bonds. The molecule has 0 saturated heterocycles. The predicted molar refractivity (Wildman–Crippen MR) is 67.3 cm³/mol. The molecule has 0 radical (unpaired) electrons. The number of rotatable bonds is 6. The molecule has 3 atom stereocenters. The van der Waals surface area contributed by atoms with Crippen LogP contribution in [0.1, 0.15) is 11.7 Å². The van der Waals surface area contributed by atoms with Crippen LogP contribution in [0, 0.1) is 0 Å². The summed E-state index contributed by atoms with van der Waals surface area (Å²) in [5, 5.41) is 45.4. The number of phenols is 2. The Labute approximate surface area is 118 Å². The smallest absolute Gasteiger partial charge is 0.339 e. The second-order valence-electron chi connectivity index (χ2n) is 4.14. The van der Waals surface area contributed by atoms with E-state index >= 15 is 0 Å². The monoisotopic (exact) mass is 301 g/mol. The van der Waals surface area contributed by atoms with Crippen LogP contribution in [-0.2, 0) is 14.3 Å². The fraction of sp³-hybridized carbons (Fsp3) is 0.333. The van der Waals surface area contributed by atoms with Gasteiger partial charge >= 0.3 is 11.9 Å². The van der Waals surface area contributed by atoms with Crippen molar-refractivity contribution in [3.63, 3.8) is 0 Å². The maximum Gasteiger partial charge on any atom is 0.339 e. The molecule has 0 aromatic heterocycles. The molecule has 0 aliphatic heterocycles. The van der Waals surface area contributed by atoms with Crippen molar-refractivity contribution in [1.29, 1.82) is 0 Å². The lowest BCUT2D eigenvalue weighted by atomic mass is 10.1. The van der Waals surface area contributed by atoms with E-state index in [0.29, 0.717) is 0 Å². The third-order valence-electron chi connectivity index (χ3n) is 2.64. The SMILES string of the molecule is NC[C@H](OC(=O)[C@H](O)[C@@H](O)C(=O)O)c1ccc(O)c(O)c1. The number of carbonyl (C=O) groups excluding carboxylic acids is 1. The number of aliphatic hydroxyl groups is 2. The van der Waals surface area contributed by atoms with Crippen LogP contribution in [-0.4, -0.2) is 56.2 Å². The summed E-state index contributed by atoms with van der Waals surface area (Å²) >= 11 is 0. The highest BCUT2D eigenvalue weighted by molar-refractivity contribution is 5.84. The van der Waals surface area contributed by atoms with E-state index < -0.39 is 36.0 Å². The number of hydrogen-bond donors (Lipinski definition) is 6. The molecule has 0 bridgehead atoms. The number of ether oxygens (including phenoxy) is 1. The Balaban J connectivity index is 2.84. The molecule has 1 rings (SSSR count). The molecule has 116 valence electrons. The molecule has 7 N–H and O–H groups in total. The van der Waals surface area contributed by atoms with Crippen LogP contribution in [0.2, 0.25) is 0 Å². The van der Waals surface area contributed by atoms with Crippen LogP contribution in [0.3, 0.4) is 0 Å². The number of carboxylic acid groups (broad SMARTS) is 1. The van der Waals surface area contributed by atoms with Gasteiger partial charge in [0.05, 0.1) is 0 Å². The number of carboxylic acids is 1. The standard InChI is InChI=1S/C12H15NO8/c13-4-8(5-1-2-6(14)7(15)3-5)21-12(20)10(17)9(16)11(18)19/h1-3,8-10,14-17H,4,13H2,(H,18,19)/t8-,9+,10+/m0/s1. The van der Waals surface area contributed by atoms with Gasteiger partial charge in [0, 0.05) is 6.54 Å². The summed E-state index contributed by atoms with van der Waals surface area (Å²) in [6, 6.07) is 3.56. The van der Waals surface area contributed by atoms with E-state index in [-0.39, 0.29) is 17.9 Å². The molecule has 0 aliphatic rings. The Hall–Kier alpha value is -2.36. The summed E-state index contributed by atoms with van der Waals surface area (Å²) in [5.74, 6) is -4.02. The van der Waals surface area contributed by atoms with Crippen LogP contribution < -0.4 is 5.73 Å². The van der Waals surface area contributed by atoms with E-state index in [9.17, 15) is 24.9 Å². The van der Waals surface area contributed by atoms with E-state index in [1.165, 1.54) is 6.07 Å². The first kappa shape index (κ1) is 16.7. The third kappa shape index (κ3) is 4.05. The largest absolute Gasteiger partial charge is 0.504 e. The minimum atomic E-state index is -2.33. The summed E-state index contributed by atoms with van der Waals surface area (Å²) in [7, 11) is 0. The lowest BCUT2D eigenvalue weighted by Gasteiger charge is -2.20. The van der Waals surface area contributed by atoms with Gasteiger partial charge in [0.1, 0.15) is 6.10 Å². The van der Waals surface area contributed by atoms with Crippen LogP contribution >= 0.6 is 0 Å². The molecule has 0 unspecified atom stereocenters. The molecule has 1 aromatic carbocycles. The molecule has 0 heterocycles. The Morgan fingerprint density at radius 2 is 1.76 bits per heavy atom. The minimum absolute atomic E-state index is 0.221. The lowest BCUT2D eigenvalue weighted by Crippen LogP contribution is -2.41. The maximum atomic E-state index is 11.5. The second-order valence-corrected chi connectivity index (χ2v) is 4.14. The van der Waals surface area contributed by atoms with Crippen molar-refractivity contribution in [2.45, 2.75) is 18.3 Å². The highest BCUT2D eigenvalue weighted by atomic mass is 16.6. The van der Waals surface area contributed by atoms with E-state index in [2.05, 4.69) is 0 Å². The first-order chi connectivity index (χ1) is 9.77. The number of esters is 1. The highest BCUT2D eigenvalue weighted by Gasteiger charge is 2.33. The van der Waals surface area contributed by atoms with E-state index in [0.717, 1.165) is 12.1 Å². The average Bonchev–Trinajstić information content (AvgIpc) is 2.45. The van der Waals surface area contributed by atoms with Gasteiger partial charge < -0.3 is 36.0 Å². The molecule has 1 aromatic rings. The van der Waals surface area contributed by atoms with Gasteiger partial charge in [-0.1, -0.05) is 6.07 Å². The van der Waals surface area contributed by atoms with Crippen molar-refractivity contribution in [1.82, 2.24) is 0 Å². The van der Waals surface area contributed by atoms with Crippen molar-refractivity contribution in [3.8, 4) is 11.5 Å². The molecular weight excluding hydrogens is 286 g/mol. The van der Waals surface area contributed by atoms with Crippen molar-refractivity contribution in [2.24, 2.45) is 5.73 Å². The van der Waals surface area contributed by atoms with E-state index in [4.69, 9.17) is 20.7 Å². The zero-order valence-electron chi connectivity index (χ0n) is 10.7. The van der Waals surface area contributed by atoms with Gasteiger partial charge in [-0.05, 0) is 17.7 Å². The van der Waals surface area contributed by atoms with Gasteiger partial charge in [-0.25, -0.2) is 9.59 Å². The maximum absolute atomic E-state index is 11.5. The number of aliphatic hydroxyl groups excluding tert-OH is 2. The topological polar surface area (TPSA) is 171 Å². The Bertz CT molecular complexity index is 532. The summed E-state index contributed by atoms with van der Waals surface area (Å²) < 4.78 is 4.78. The van der Waals surface area contributed by atoms with Crippen LogP contribution in [0.4, 0.5) is 0 Å². The van der Waals surface area contributed by atoms with Gasteiger partial charge in [0.15, 0.2) is 23.7 Å². The zero-order chi connectivity index (χ0) is 16.2. The number of aliphatic carboxylic acids is 1. The number of aromatic hydroxyl groups is 2. The molecule has 0 fully saturated rings. The molecule has 21 heavy (non-hydrogen) atoms. The van der Waals surface area contributed by atoms with Gasteiger partial charge in [-0.3, -0.25) is 0 Å². The Morgan fingerprint density at radius 1 is 1.14 bits per heavy atom. The van der Waals surface area contributed by atoms with Crippen molar-refractivity contribution in [3.05, 3.63) is 23.8 Å². The van der Waals surface area contributed by atoms with Crippen LogP contribution in [0.15, 0.2) is 18.2 Å². The number of benzene rings is 1. The molecular formula is C12H15NO8. The summed E-state index contributed by atoms with van der Waals surface area (Å²) in [6.07, 6.45) is -5.70. The van der Waals surface area contributed by atoms with Gasteiger partial charge in [-0.2, -0.15) is 0 Å². The summed E-state index contributed by atoms with van der Waals surface area (Å²) in [4.78, 5) is 22.0. The van der Waals surface area contributed by atoms with Crippen molar-refractivity contribution < 1.29 is 39.9 Å². The average molecular weight is 301 g/mol. The zero-order valence-corrected chi connectivity index (χ0v) is 10.7. The quantitative estimate of drug-likeness (QED) is 0.269. The number of carbonyl (C=O) groups is 2. The fourth-order valence-corrected chi connectivity index (χ4v) is 1.47. The fourth-order valence-electron chi connectivity index (χ4n) is 1.47. The molecule has 0 saturated carbocycles. The minimum Gasteiger partial charge on any atom is -0.504 e. The Morgan fingerprint density at radius 3 is 2.24 bits per heavy atom. The van der Waals surface area contributed by atoms with Crippen molar-refractivity contribution in [2.75, 3.05) is 6.54 Å². The van der Waals surface area contributed by atoms with Gasteiger partial charge in [-0.15, -0.1) is 0 Å². The van der Waals surface area contributed by atoms with Gasteiger partial charge in [0.25, 0.3) is 0 Å². The first-order valence-corrected chi connectivity index (χ1v) is 5.79. The highest BCUT2D eigenvalue weighted by Crippen LogP contribution is 2.29. The Kier molecular flexibility index (Phi) is 5.47. The molecule has 0 aliphatic carbocycles. The molecule has 0 spiro atoms. The van der Waals surface area contributed by atoms with Crippen molar-refractivity contribution >= 4 is 11.9 Å². The predicted octanol–water partition coefficient (Wildman–Crippen LogP) is -1.55. The molecule has 9 nitrogen and oxygen atoms in total. The lowest BCUT2D eigenvalue weighted by molar-refractivity contribution is -0.173. The number of hydrogen-bond acceptors (Lipinski definition) is 8. The van der Waals surface area contributed by atoms with Gasteiger partial charge in [0.2, 0.25) is 0 Å². The van der Waals surface area contributed by atoms with Crippen LogP contribution in [0.5, 0.6) is 11.5 Å². The third-order valence-corrected chi connectivity index (χ3v) is 2.64. The summed E-state index contributed by atoms with van der Waals surface area (Å²) in [6.45, 7) is -0.230. The van der Waals surface area contributed by atoms with Crippen LogP contribution in [0.25, 0.3) is 0 Å². The first-order valence-electron chi connectivity index (χ1n) is 5.79. The van der Waals surface area contributed by atoms with E-state index in [1.807, 2.05) is 0 Å². The number of phenolic OH excluding ortho intramolecular Hbond substituents is 2. The van der Waals surface area contributed by atoms with E-state index in [1.54, 1.807) is 0 Å². The second kappa shape index (κ2) is 6.88. The normalized spacial score (nSPS) is 15.0.